The molecule has 6 nitrogen and oxygen atoms in total. The van der Waals surface area contributed by atoms with Gasteiger partial charge < -0.3 is 15.4 Å². The summed E-state index contributed by atoms with van der Waals surface area (Å²) in [6, 6.07) is 13.3. The van der Waals surface area contributed by atoms with Gasteiger partial charge in [0.15, 0.2) is 0 Å². The third kappa shape index (κ3) is 4.17. The molecule has 0 atom stereocenters. The van der Waals surface area contributed by atoms with E-state index in [1.165, 1.54) is 5.56 Å². The van der Waals surface area contributed by atoms with Gasteiger partial charge in [-0.2, -0.15) is 0 Å². The topological polar surface area (TPSA) is 70.7 Å². The van der Waals surface area contributed by atoms with E-state index >= 15 is 0 Å². The predicted octanol–water partition coefficient (Wildman–Crippen LogP) is 4.27. The Kier molecular flexibility index (Phi) is 5.89. The van der Waals surface area contributed by atoms with E-state index < -0.39 is 5.41 Å². The van der Waals surface area contributed by atoms with Gasteiger partial charge in [-0.1, -0.05) is 25.1 Å². The van der Waals surface area contributed by atoms with Crippen molar-refractivity contribution in [1.82, 2.24) is 10.2 Å². The van der Waals surface area contributed by atoms with Gasteiger partial charge in [0.25, 0.3) is 5.91 Å². The van der Waals surface area contributed by atoms with Crippen molar-refractivity contribution in [2.45, 2.75) is 69.4 Å². The highest BCUT2D eigenvalue weighted by atomic mass is 16.5. The molecule has 4 aliphatic rings. The van der Waals surface area contributed by atoms with E-state index in [1.54, 1.807) is 0 Å². The summed E-state index contributed by atoms with van der Waals surface area (Å²) in [7, 11) is 0. The molecule has 2 heterocycles. The molecule has 1 saturated heterocycles. The SMILES string of the molecule is CCc1ccc(C(=O)NC2CC2)cc1-c1ccc2c(c1)NC(=O)C21CCC(N2CCOCC2)CC1. The number of hydrogen-bond donors (Lipinski definition) is 2. The van der Waals surface area contributed by atoms with E-state index in [1.807, 2.05) is 12.1 Å². The van der Waals surface area contributed by atoms with E-state index in [9.17, 15) is 9.59 Å². The predicted molar refractivity (Wildman–Crippen MR) is 137 cm³/mol. The maximum atomic E-state index is 13.3. The lowest BCUT2D eigenvalue weighted by atomic mass is 9.68. The molecule has 2 saturated carbocycles. The second-order valence-electron chi connectivity index (χ2n) is 10.6. The van der Waals surface area contributed by atoms with Crippen molar-refractivity contribution in [3.05, 3.63) is 53.1 Å². The Morgan fingerprint density at radius 1 is 1.09 bits per heavy atom. The highest BCUT2D eigenvalue weighted by Gasteiger charge is 2.49. The largest absolute Gasteiger partial charge is 0.379 e. The number of hydrogen-bond acceptors (Lipinski definition) is 4. The van der Waals surface area contributed by atoms with Crippen LogP contribution in [0.1, 0.15) is 66.9 Å². The van der Waals surface area contributed by atoms with Crippen molar-refractivity contribution in [3.8, 4) is 11.1 Å². The van der Waals surface area contributed by atoms with Crippen LogP contribution in [0, 0.1) is 0 Å². The van der Waals surface area contributed by atoms with Crippen molar-refractivity contribution < 1.29 is 14.3 Å². The molecule has 6 rings (SSSR count). The van der Waals surface area contributed by atoms with E-state index in [4.69, 9.17) is 4.74 Å². The number of rotatable bonds is 5. The van der Waals surface area contributed by atoms with Crippen LogP contribution in [0.4, 0.5) is 5.69 Å². The number of anilines is 1. The first-order valence-electron chi connectivity index (χ1n) is 13.3. The monoisotopic (exact) mass is 473 g/mol. The highest BCUT2D eigenvalue weighted by Crippen LogP contribution is 2.49. The molecule has 2 aromatic rings. The first-order chi connectivity index (χ1) is 17.1. The molecule has 6 heteroatoms. The number of amides is 2. The van der Waals surface area contributed by atoms with Crippen LogP contribution in [0.3, 0.4) is 0 Å². The second-order valence-corrected chi connectivity index (χ2v) is 10.6. The van der Waals surface area contributed by atoms with Gasteiger partial charge in [0, 0.05) is 36.4 Å². The lowest BCUT2D eigenvalue weighted by Crippen LogP contribution is -2.48. The zero-order valence-electron chi connectivity index (χ0n) is 20.6. The molecule has 35 heavy (non-hydrogen) atoms. The zero-order chi connectivity index (χ0) is 24.0. The molecule has 0 radical (unpaired) electrons. The number of nitrogens with one attached hydrogen (secondary N) is 2. The number of fused-ring (bicyclic) bond motifs is 2. The third-order valence-electron chi connectivity index (χ3n) is 8.57. The van der Waals surface area contributed by atoms with Gasteiger partial charge in [-0.3, -0.25) is 14.5 Å². The number of carbonyl (C=O) groups is 2. The minimum absolute atomic E-state index is 0.00171. The van der Waals surface area contributed by atoms with E-state index in [2.05, 4.69) is 46.7 Å². The summed E-state index contributed by atoms with van der Waals surface area (Å²) in [6.45, 7) is 5.77. The number of benzene rings is 2. The van der Waals surface area contributed by atoms with Crippen LogP contribution in [-0.2, 0) is 21.4 Å². The Bertz CT molecular complexity index is 1140. The first-order valence-corrected chi connectivity index (χ1v) is 13.3. The van der Waals surface area contributed by atoms with Crippen LogP contribution in [-0.4, -0.2) is 55.1 Å². The Hall–Kier alpha value is -2.70. The summed E-state index contributed by atoms with van der Waals surface area (Å²) < 4.78 is 5.52. The zero-order valence-corrected chi connectivity index (χ0v) is 20.6. The molecular weight excluding hydrogens is 438 g/mol. The van der Waals surface area contributed by atoms with Crippen LogP contribution >= 0.6 is 0 Å². The number of nitrogens with zero attached hydrogens (tertiary/aromatic N) is 1. The molecule has 2 N–H and O–H groups in total. The highest BCUT2D eigenvalue weighted by molar-refractivity contribution is 6.07. The molecule has 0 unspecified atom stereocenters. The normalized spacial score (nSPS) is 26.4. The average molecular weight is 474 g/mol. The fraction of sp³-hybridized carbons (Fsp3) is 0.517. The fourth-order valence-corrected chi connectivity index (χ4v) is 6.29. The van der Waals surface area contributed by atoms with E-state index in [-0.39, 0.29) is 11.8 Å². The Morgan fingerprint density at radius 2 is 1.86 bits per heavy atom. The summed E-state index contributed by atoms with van der Waals surface area (Å²) >= 11 is 0. The maximum absolute atomic E-state index is 13.3. The van der Waals surface area contributed by atoms with Gasteiger partial charge in [-0.25, -0.2) is 0 Å². The quantitative estimate of drug-likeness (QED) is 0.680. The summed E-state index contributed by atoms with van der Waals surface area (Å²) in [4.78, 5) is 28.5. The lowest BCUT2D eigenvalue weighted by Gasteiger charge is -2.42. The molecule has 1 spiro atoms. The Morgan fingerprint density at radius 3 is 2.57 bits per heavy atom. The molecule has 184 valence electrons. The molecule has 2 aliphatic carbocycles. The first kappa shape index (κ1) is 22.7. The third-order valence-corrected chi connectivity index (χ3v) is 8.57. The van der Waals surface area contributed by atoms with Crippen LogP contribution in [0.5, 0.6) is 0 Å². The standard InChI is InChI=1S/C29H35N3O3/c1-2-19-3-4-21(27(33)30-22-6-7-22)17-24(19)20-5-8-25-26(18-20)31-28(34)29(25)11-9-23(10-12-29)32-13-15-35-16-14-32/h3-5,8,17-18,22-23H,2,6-7,9-16H2,1H3,(H,30,33)(H,31,34). The number of aryl methyl sites for hydroxylation is 1. The van der Waals surface area contributed by atoms with Crippen LogP contribution in [0.25, 0.3) is 11.1 Å². The van der Waals surface area contributed by atoms with Gasteiger partial charge in [-0.05, 0) is 85.4 Å². The molecule has 0 aromatic heterocycles. The number of carbonyl (C=O) groups excluding carboxylic acids is 2. The van der Waals surface area contributed by atoms with Gasteiger partial charge >= 0.3 is 0 Å². The maximum Gasteiger partial charge on any atom is 0.251 e. The van der Waals surface area contributed by atoms with Crippen LogP contribution < -0.4 is 10.6 Å². The van der Waals surface area contributed by atoms with Gasteiger partial charge in [0.2, 0.25) is 5.91 Å². The smallest absolute Gasteiger partial charge is 0.251 e. The molecular formula is C29H35N3O3. The second kappa shape index (κ2) is 9.07. The lowest BCUT2D eigenvalue weighted by molar-refractivity contribution is -0.122. The van der Waals surface area contributed by atoms with Crippen LogP contribution in [0.2, 0.25) is 0 Å². The minimum Gasteiger partial charge on any atom is -0.379 e. The Balaban J connectivity index is 1.26. The summed E-state index contributed by atoms with van der Waals surface area (Å²) in [5.41, 5.74) is 5.71. The van der Waals surface area contributed by atoms with Gasteiger partial charge in [0.05, 0.1) is 18.6 Å². The minimum atomic E-state index is -0.407. The number of morpholine rings is 1. The van der Waals surface area contributed by atoms with Crippen molar-refractivity contribution >= 4 is 17.5 Å². The van der Waals surface area contributed by atoms with Crippen LogP contribution in [0.15, 0.2) is 36.4 Å². The van der Waals surface area contributed by atoms with Crippen molar-refractivity contribution in [3.63, 3.8) is 0 Å². The molecule has 0 bridgehead atoms. The van der Waals surface area contributed by atoms with Gasteiger partial charge in [0.1, 0.15) is 0 Å². The summed E-state index contributed by atoms with van der Waals surface area (Å²) in [6.07, 6.45) is 6.92. The number of ether oxygens (including phenoxy) is 1. The van der Waals surface area contributed by atoms with E-state index in [0.717, 1.165) is 93.6 Å². The van der Waals surface area contributed by atoms with E-state index in [0.29, 0.717) is 17.6 Å². The van der Waals surface area contributed by atoms with Crippen molar-refractivity contribution in [2.24, 2.45) is 0 Å². The van der Waals surface area contributed by atoms with Crippen molar-refractivity contribution in [2.75, 3.05) is 31.6 Å². The molecule has 2 aromatic carbocycles. The van der Waals surface area contributed by atoms with Crippen molar-refractivity contribution in [1.29, 1.82) is 0 Å². The fourth-order valence-electron chi connectivity index (χ4n) is 6.29. The molecule has 2 amide bonds. The molecule has 2 aliphatic heterocycles. The summed E-state index contributed by atoms with van der Waals surface area (Å²) in [5.74, 6) is 0.153. The van der Waals surface area contributed by atoms with Gasteiger partial charge in [-0.15, -0.1) is 0 Å². The Labute approximate surface area is 207 Å². The average Bonchev–Trinajstić information content (AvgIpc) is 3.68. The molecule has 3 fully saturated rings. The summed E-state index contributed by atoms with van der Waals surface area (Å²) in [5, 5.41) is 6.31.